The zero-order valence-corrected chi connectivity index (χ0v) is 11.9. The quantitative estimate of drug-likeness (QED) is 0.925. The summed E-state index contributed by atoms with van der Waals surface area (Å²) in [5.74, 6) is 1.35. The fourth-order valence-electron chi connectivity index (χ4n) is 2.52. The first-order valence-corrected chi connectivity index (χ1v) is 7.08. The summed E-state index contributed by atoms with van der Waals surface area (Å²) in [4.78, 5) is 6.88. The predicted molar refractivity (Wildman–Crippen MR) is 77.1 cm³/mol. The molecule has 5 nitrogen and oxygen atoms in total. The number of hydrogen-bond donors (Lipinski definition) is 1. The first-order chi connectivity index (χ1) is 9.72. The molecule has 1 aromatic heterocycles. The molecule has 2 heterocycles. The minimum absolute atomic E-state index is 0.491. The van der Waals surface area contributed by atoms with Crippen LogP contribution in [0.3, 0.4) is 0 Å². The van der Waals surface area contributed by atoms with Gasteiger partial charge in [-0.25, -0.2) is 0 Å². The Bertz CT molecular complexity index is 554. The van der Waals surface area contributed by atoms with E-state index in [1.54, 1.807) is 0 Å². The first kappa shape index (κ1) is 13.3. The van der Waals surface area contributed by atoms with Crippen LogP contribution in [0.15, 0.2) is 34.9 Å². The van der Waals surface area contributed by atoms with E-state index in [0.29, 0.717) is 18.0 Å². The minimum atomic E-state index is 0.491. The van der Waals surface area contributed by atoms with Gasteiger partial charge in [0, 0.05) is 30.7 Å². The smallest absolute Gasteiger partial charge is 0.257 e. The van der Waals surface area contributed by atoms with Crippen molar-refractivity contribution in [2.75, 3.05) is 13.1 Å². The molecule has 0 spiro atoms. The Morgan fingerprint density at radius 3 is 2.90 bits per heavy atom. The van der Waals surface area contributed by atoms with Gasteiger partial charge in [-0.15, -0.1) is 0 Å². The van der Waals surface area contributed by atoms with E-state index in [0.717, 1.165) is 31.0 Å². The molecular weight excluding hydrogens is 252 g/mol. The topological polar surface area (TPSA) is 54.2 Å². The maximum Gasteiger partial charge on any atom is 0.257 e. The second kappa shape index (κ2) is 5.73. The second-order valence-corrected chi connectivity index (χ2v) is 5.47. The fourth-order valence-corrected chi connectivity index (χ4v) is 2.52. The van der Waals surface area contributed by atoms with E-state index in [2.05, 4.69) is 34.2 Å². The SMILES string of the molecule is CC1CN(Cc2noc(-c3ccccc3)n2)C(C)CN1. The first-order valence-electron chi connectivity index (χ1n) is 7.08. The van der Waals surface area contributed by atoms with Crippen molar-refractivity contribution >= 4 is 0 Å². The van der Waals surface area contributed by atoms with Crippen molar-refractivity contribution in [2.24, 2.45) is 0 Å². The van der Waals surface area contributed by atoms with Crippen LogP contribution in [0.4, 0.5) is 0 Å². The van der Waals surface area contributed by atoms with Crippen LogP contribution in [0.5, 0.6) is 0 Å². The molecular formula is C15H20N4O. The highest BCUT2D eigenvalue weighted by Gasteiger charge is 2.23. The molecule has 106 valence electrons. The highest BCUT2D eigenvalue weighted by atomic mass is 16.5. The third-order valence-electron chi connectivity index (χ3n) is 3.73. The third-order valence-corrected chi connectivity index (χ3v) is 3.73. The van der Waals surface area contributed by atoms with Crippen LogP contribution in [0.2, 0.25) is 0 Å². The van der Waals surface area contributed by atoms with Gasteiger partial charge in [0.05, 0.1) is 6.54 Å². The largest absolute Gasteiger partial charge is 0.334 e. The van der Waals surface area contributed by atoms with Crippen molar-refractivity contribution in [1.29, 1.82) is 0 Å². The molecule has 3 rings (SSSR count). The zero-order chi connectivity index (χ0) is 13.9. The molecule has 1 aliphatic rings. The lowest BCUT2D eigenvalue weighted by Gasteiger charge is -2.36. The van der Waals surface area contributed by atoms with E-state index < -0.39 is 0 Å². The van der Waals surface area contributed by atoms with Gasteiger partial charge in [0.25, 0.3) is 5.89 Å². The average Bonchev–Trinajstić information content (AvgIpc) is 2.92. The van der Waals surface area contributed by atoms with Crippen LogP contribution in [0.1, 0.15) is 19.7 Å². The van der Waals surface area contributed by atoms with Crippen LogP contribution < -0.4 is 5.32 Å². The number of hydrogen-bond acceptors (Lipinski definition) is 5. The van der Waals surface area contributed by atoms with E-state index in [-0.39, 0.29) is 0 Å². The minimum Gasteiger partial charge on any atom is -0.334 e. The number of piperazine rings is 1. The maximum atomic E-state index is 5.35. The Kier molecular flexibility index (Phi) is 3.80. The van der Waals surface area contributed by atoms with Crippen molar-refractivity contribution < 1.29 is 4.52 Å². The van der Waals surface area contributed by atoms with Crippen molar-refractivity contribution in [1.82, 2.24) is 20.4 Å². The van der Waals surface area contributed by atoms with Gasteiger partial charge in [-0.3, -0.25) is 4.90 Å². The predicted octanol–water partition coefficient (Wildman–Crippen LogP) is 1.92. The standard InChI is InChI=1S/C15H20N4O/c1-11-9-19(12(2)8-16-11)10-14-17-15(20-18-14)13-6-4-3-5-7-13/h3-7,11-12,16H,8-10H2,1-2H3. The molecule has 20 heavy (non-hydrogen) atoms. The molecule has 0 radical (unpaired) electrons. The summed E-state index contributed by atoms with van der Waals surface area (Å²) in [6.07, 6.45) is 0. The second-order valence-electron chi connectivity index (χ2n) is 5.47. The molecule has 2 atom stereocenters. The summed E-state index contributed by atoms with van der Waals surface area (Å²) >= 11 is 0. The number of rotatable bonds is 3. The Hall–Kier alpha value is -1.72. The Morgan fingerprint density at radius 2 is 2.10 bits per heavy atom. The molecule has 0 amide bonds. The van der Waals surface area contributed by atoms with E-state index in [1.165, 1.54) is 0 Å². The summed E-state index contributed by atoms with van der Waals surface area (Å²) in [6, 6.07) is 10.9. The number of aromatic nitrogens is 2. The van der Waals surface area contributed by atoms with Crippen LogP contribution >= 0.6 is 0 Å². The van der Waals surface area contributed by atoms with Gasteiger partial charge in [0.15, 0.2) is 5.82 Å². The monoisotopic (exact) mass is 272 g/mol. The lowest BCUT2D eigenvalue weighted by atomic mass is 10.1. The Balaban J connectivity index is 1.71. The van der Waals surface area contributed by atoms with E-state index in [4.69, 9.17) is 4.52 Å². The molecule has 5 heteroatoms. The van der Waals surface area contributed by atoms with Gasteiger partial charge in [-0.1, -0.05) is 23.4 Å². The van der Waals surface area contributed by atoms with Crippen LogP contribution in [0.25, 0.3) is 11.5 Å². The lowest BCUT2D eigenvalue weighted by Crippen LogP contribution is -2.53. The van der Waals surface area contributed by atoms with E-state index >= 15 is 0 Å². The average molecular weight is 272 g/mol. The van der Waals surface area contributed by atoms with Gasteiger partial charge in [0.2, 0.25) is 0 Å². The molecule has 0 aliphatic carbocycles. The van der Waals surface area contributed by atoms with Crippen molar-refractivity contribution in [2.45, 2.75) is 32.5 Å². The maximum absolute atomic E-state index is 5.35. The molecule has 2 unspecified atom stereocenters. The Morgan fingerprint density at radius 1 is 1.30 bits per heavy atom. The van der Waals surface area contributed by atoms with Crippen molar-refractivity contribution in [3.8, 4) is 11.5 Å². The summed E-state index contributed by atoms with van der Waals surface area (Å²) in [6.45, 7) is 7.17. The molecule has 1 aromatic carbocycles. The third kappa shape index (κ3) is 2.89. The molecule has 1 N–H and O–H groups in total. The van der Waals surface area contributed by atoms with Gasteiger partial charge >= 0.3 is 0 Å². The van der Waals surface area contributed by atoms with Gasteiger partial charge in [-0.05, 0) is 26.0 Å². The molecule has 1 saturated heterocycles. The van der Waals surface area contributed by atoms with Gasteiger partial charge < -0.3 is 9.84 Å². The van der Waals surface area contributed by atoms with Crippen molar-refractivity contribution in [3.63, 3.8) is 0 Å². The van der Waals surface area contributed by atoms with Gasteiger partial charge in [0.1, 0.15) is 0 Å². The zero-order valence-electron chi connectivity index (χ0n) is 11.9. The fraction of sp³-hybridized carbons (Fsp3) is 0.467. The molecule has 1 aliphatic heterocycles. The van der Waals surface area contributed by atoms with E-state index in [1.807, 2.05) is 30.3 Å². The summed E-state index contributed by atoms with van der Waals surface area (Å²) in [7, 11) is 0. The summed E-state index contributed by atoms with van der Waals surface area (Å²) < 4.78 is 5.35. The number of nitrogens with one attached hydrogen (secondary N) is 1. The van der Waals surface area contributed by atoms with Crippen LogP contribution in [0, 0.1) is 0 Å². The number of nitrogens with zero attached hydrogens (tertiary/aromatic N) is 3. The Labute approximate surface area is 119 Å². The highest BCUT2D eigenvalue weighted by Crippen LogP contribution is 2.17. The van der Waals surface area contributed by atoms with Gasteiger partial charge in [-0.2, -0.15) is 4.98 Å². The van der Waals surface area contributed by atoms with E-state index in [9.17, 15) is 0 Å². The number of benzene rings is 1. The molecule has 0 bridgehead atoms. The molecule has 0 saturated carbocycles. The normalized spacial score (nSPS) is 23.9. The van der Waals surface area contributed by atoms with Crippen LogP contribution in [-0.2, 0) is 6.54 Å². The summed E-state index contributed by atoms with van der Waals surface area (Å²) in [5.41, 5.74) is 0.966. The molecule has 1 fully saturated rings. The van der Waals surface area contributed by atoms with Crippen molar-refractivity contribution in [3.05, 3.63) is 36.2 Å². The van der Waals surface area contributed by atoms with Crippen LogP contribution in [-0.4, -0.2) is 40.2 Å². The highest BCUT2D eigenvalue weighted by molar-refractivity contribution is 5.51. The molecule has 2 aromatic rings. The lowest BCUT2D eigenvalue weighted by molar-refractivity contribution is 0.134. The summed E-state index contributed by atoms with van der Waals surface area (Å²) in [5, 5.41) is 7.57.